The zero-order chi connectivity index (χ0) is 19.6. The van der Waals surface area contributed by atoms with Gasteiger partial charge >= 0.3 is 0 Å². The largest absolute Gasteiger partial charge is 0.324 e. The van der Waals surface area contributed by atoms with Crippen molar-refractivity contribution in [3.05, 3.63) is 53.0 Å². The van der Waals surface area contributed by atoms with Crippen LogP contribution in [-0.4, -0.2) is 9.55 Å². The molecule has 3 heteroatoms. The molecule has 0 bridgehead atoms. The molecule has 28 heavy (non-hydrogen) atoms. The molecular weight excluding hydrogens is 408 g/mol. The minimum Gasteiger partial charge on any atom is -0.324 e. The lowest BCUT2D eigenvalue weighted by Gasteiger charge is -2.10. The Bertz CT molecular complexity index is 835. The van der Waals surface area contributed by atoms with Crippen LogP contribution in [0.1, 0.15) is 71.1 Å². The fourth-order valence-corrected chi connectivity index (χ4v) is 4.14. The summed E-state index contributed by atoms with van der Waals surface area (Å²) in [5.41, 5.74) is 3.52. The maximum Gasteiger partial charge on any atom is 0.141 e. The normalized spacial score (nSPS) is 11.4. The second kappa shape index (κ2) is 11.4. The highest BCUT2D eigenvalue weighted by molar-refractivity contribution is 9.10. The van der Waals surface area contributed by atoms with Gasteiger partial charge in [0.2, 0.25) is 0 Å². The van der Waals surface area contributed by atoms with Crippen LogP contribution in [0.5, 0.6) is 0 Å². The van der Waals surface area contributed by atoms with Crippen molar-refractivity contribution in [1.29, 1.82) is 0 Å². The average molecular weight is 441 g/mol. The Kier molecular flexibility index (Phi) is 8.60. The van der Waals surface area contributed by atoms with Crippen molar-refractivity contribution in [3.8, 4) is 11.4 Å². The zero-order valence-corrected chi connectivity index (χ0v) is 18.8. The Hall–Kier alpha value is -1.61. The van der Waals surface area contributed by atoms with E-state index in [1.165, 1.54) is 75.3 Å². The molecule has 3 rings (SSSR count). The van der Waals surface area contributed by atoms with Gasteiger partial charge in [0, 0.05) is 16.6 Å². The topological polar surface area (TPSA) is 17.8 Å². The number of benzene rings is 2. The first-order valence-corrected chi connectivity index (χ1v) is 11.8. The summed E-state index contributed by atoms with van der Waals surface area (Å²) in [5, 5.41) is 0. The molecule has 0 fully saturated rings. The van der Waals surface area contributed by atoms with Crippen molar-refractivity contribution < 1.29 is 0 Å². The number of unbranched alkanes of at least 4 members (excludes halogenated alkanes) is 9. The van der Waals surface area contributed by atoms with E-state index < -0.39 is 0 Å². The minimum absolute atomic E-state index is 1.04. The molecule has 0 spiro atoms. The van der Waals surface area contributed by atoms with E-state index in [2.05, 4.69) is 76.0 Å². The average Bonchev–Trinajstić information content (AvgIpc) is 3.08. The van der Waals surface area contributed by atoms with E-state index in [1.54, 1.807) is 0 Å². The van der Waals surface area contributed by atoms with Crippen molar-refractivity contribution in [2.45, 2.75) is 77.7 Å². The molecule has 0 aliphatic carbocycles. The van der Waals surface area contributed by atoms with Crippen molar-refractivity contribution in [3.63, 3.8) is 0 Å². The number of fused-ring (bicyclic) bond motifs is 1. The fourth-order valence-electron chi connectivity index (χ4n) is 3.88. The molecule has 0 amide bonds. The van der Waals surface area contributed by atoms with E-state index in [-0.39, 0.29) is 0 Å². The minimum atomic E-state index is 1.04. The van der Waals surface area contributed by atoms with E-state index in [1.807, 2.05) is 0 Å². The highest BCUT2D eigenvalue weighted by Crippen LogP contribution is 2.26. The number of hydrogen-bond donors (Lipinski definition) is 0. The van der Waals surface area contributed by atoms with E-state index >= 15 is 0 Å². The molecule has 0 aliphatic heterocycles. The van der Waals surface area contributed by atoms with Gasteiger partial charge in [0.05, 0.1) is 11.0 Å². The molecule has 2 nitrogen and oxygen atoms in total. The molecule has 2 aromatic carbocycles. The molecule has 0 N–H and O–H groups in total. The molecular formula is C25H33BrN2. The van der Waals surface area contributed by atoms with Gasteiger partial charge < -0.3 is 4.57 Å². The number of imidazole rings is 1. The second-order valence-corrected chi connectivity index (χ2v) is 8.68. The van der Waals surface area contributed by atoms with Gasteiger partial charge in [-0.2, -0.15) is 0 Å². The van der Waals surface area contributed by atoms with Crippen LogP contribution >= 0.6 is 15.9 Å². The quantitative estimate of drug-likeness (QED) is 0.258. The standard InChI is InChI=1S/C25H33BrN2/c1-2-3-4-5-6-7-8-9-10-13-20-28-24-15-12-11-14-23(24)27-25(28)21-16-18-22(26)19-17-21/h11-12,14-19H,2-10,13,20H2,1H3. The summed E-state index contributed by atoms with van der Waals surface area (Å²) in [5.74, 6) is 1.09. The van der Waals surface area contributed by atoms with E-state index in [0.717, 1.165) is 22.4 Å². The first kappa shape index (κ1) is 21.1. The van der Waals surface area contributed by atoms with Gasteiger partial charge in [-0.25, -0.2) is 4.98 Å². The van der Waals surface area contributed by atoms with Gasteiger partial charge in [-0.15, -0.1) is 0 Å². The molecule has 0 saturated carbocycles. The van der Waals surface area contributed by atoms with E-state index in [4.69, 9.17) is 4.98 Å². The number of halogens is 1. The summed E-state index contributed by atoms with van der Waals surface area (Å²) in [4.78, 5) is 4.92. The number of nitrogens with zero attached hydrogens (tertiary/aromatic N) is 2. The van der Waals surface area contributed by atoms with Crippen molar-refractivity contribution >= 4 is 27.0 Å². The number of para-hydroxylation sites is 2. The lowest BCUT2D eigenvalue weighted by atomic mass is 10.1. The van der Waals surface area contributed by atoms with Crippen LogP contribution < -0.4 is 0 Å². The fraction of sp³-hybridized carbons (Fsp3) is 0.480. The van der Waals surface area contributed by atoms with Crippen molar-refractivity contribution in [2.24, 2.45) is 0 Å². The van der Waals surface area contributed by atoms with Crippen LogP contribution in [0, 0.1) is 0 Å². The molecule has 0 saturated heterocycles. The van der Waals surface area contributed by atoms with Crippen LogP contribution in [0.15, 0.2) is 53.0 Å². The molecule has 3 aromatic rings. The first-order chi connectivity index (χ1) is 13.8. The second-order valence-electron chi connectivity index (χ2n) is 7.76. The number of aromatic nitrogens is 2. The van der Waals surface area contributed by atoms with Crippen molar-refractivity contribution in [2.75, 3.05) is 0 Å². The Balaban J connectivity index is 1.54. The predicted molar refractivity (Wildman–Crippen MR) is 125 cm³/mol. The predicted octanol–water partition coefficient (Wildman–Crippen LogP) is 8.39. The summed E-state index contributed by atoms with van der Waals surface area (Å²) in [6.07, 6.45) is 13.7. The van der Waals surface area contributed by atoms with Gasteiger partial charge in [-0.3, -0.25) is 0 Å². The van der Waals surface area contributed by atoms with Gasteiger partial charge in [0.15, 0.2) is 0 Å². The third-order valence-corrected chi connectivity index (χ3v) is 6.02. The maximum atomic E-state index is 4.92. The highest BCUT2D eigenvalue weighted by atomic mass is 79.9. The van der Waals surface area contributed by atoms with E-state index in [9.17, 15) is 0 Å². The van der Waals surface area contributed by atoms with Crippen LogP contribution in [0.4, 0.5) is 0 Å². The molecule has 0 atom stereocenters. The monoisotopic (exact) mass is 440 g/mol. The maximum absolute atomic E-state index is 4.92. The van der Waals surface area contributed by atoms with Crippen LogP contribution in [0.3, 0.4) is 0 Å². The molecule has 0 unspecified atom stereocenters. The van der Waals surface area contributed by atoms with E-state index in [0.29, 0.717) is 0 Å². The summed E-state index contributed by atoms with van der Waals surface area (Å²) in [7, 11) is 0. The third-order valence-electron chi connectivity index (χ3n) is 5.49. The molecule has 1 aromatic heterocycles. The molecule has 150 valence electrons. The van der Waals surface area contributed by atoms with Crippen LogP contribution in [0.2, 0.25) is 0 Å². The number of rotatable bonds is 12. The smallest absolute Gasteiger partial charge is 0.141 e. The summed E-state index contributed by atoms with van der Waals surface area (Å²) in [6, 6.07) is 17.0. The summed E-state index contributed by atoms with van der Waals surface area (Å²) < 4.78 is 3.51. The lowest BCUT2D eigenvalue weighted by Crippen LogP contribution is -2.01. The third kappa shape index (κ3) is 5.94. The van der Waals surface area contributed by atoms with Crippen LogP contribution in [0.25, 0.3) is 22.4 Å². The molecule has 1 heterocycles. The van der Waals surface area contributed by atoms with Gasteiger partial charge in [0.1, 0.15) is 5.82 Å². The van der Waals surface area contributed by atoms with Gasteiger partial charge in [-0.1, -0.05) is 105 Å². The lowest BCUT2D eigenvalue weighted by molar-refractivity contribution is 0.539. The first-order valence-electron chi connectivity index (χ1n) is 11.0. The Morgan fingerprint density at radius 2 is 1.36 bits per heavy atom. The Morgan fingerprint density at radius 3 is 2.04 bits per heavy atom. The summed E-state index contributed by atoms with van der Waals surface area (Å²) in [6.45, 7) is 3.33. The zero-order valence-electron chi connectivity index (χ0n) is 17.2. The van der Waals surface area contributed by atoms with Gasteiger partial charge in [0.25, 0.3) is 0 Å². The number of hydrogen-bond acceptors (Lipinski definition) is 1. The van der Waals surface area contributed by atoms with Crippen molar-refractivity contribution in [1.82, 2.24) is 9.55 Å². The molecule has 0 radical (unpaired) electrons. The Labute approximate surface area is 178 Å². The molecule has 0 aliphatic rings. The highest BCUT2D eigenvalue weighted by Gasteiger charge is 2.12. The SMILES string of the molecule is CCCCCCCCCCCCn1c(-c2ccc(Br)cc2)nc2ccccc21. The summed E-state index contributed by atoms with van der Waals surface area (Å²) >= 11 is 3.53. The van der Waals surface area contributed by atoms with Crippen LogP contribution in [-0.2, 0) is 6.54 Å². The Morgan fingerprint density at radius 1 is 0.750 bits per heavy atom. The number of aryl methyl sites for hydroxylation is 1. The van der Waals surface area contributed by atoms with Gasteiger partial charge in [-0.05, 0) is 30.7 Å².